The lowest BCUT2D eigenvalue weighted by atomic mass is 9.83. The Bertz CT molecular complexity index is 1120. The quantitative estimate of drug-likeness (QED) is 0.642. The van der Waals surface area contributed by atoms with Crippen LogP contribution >= 0.6 is 11.6 Å². The predicted octanol–water partition coefficient (Wildman–Crippen LogP) is 5.18. The molecule has 1 unspecified atom stereocenters. The van der Waals surface area contributed by atoms with Crippen LogP contribution in [0, 0.1) is 0 Å². The van der Waals surface area contributed by atoms with Crippen LogP contribution < -0.4 is 4.72 Å². The Morgan fingerprint density at radius 1 is 0.929 bits per heavy atom. The molecular weight excluding hydrogens is 390 g/mol. The molecule has 1 atom stereocenters. The first-order valence-electron chi connectivity index (χ1n) is 9.32. The molecule has 3 aromatic carbocycles. The molecule has 144 valence electrons. The summed E-state index contributed by atoms with van der Waals surface area (Å²) in [5, 5.41) is 0.766. The monoisotopic (exact) mass is 411 g/mol. The van der Waals surface area contributed by atoms with Crippen LogP contribution in [0.4, 0.5) is 5.69 Å². The van der Waals surface area contributed by atoms with Crippen molar-refractivity contribution in [3.63, 3.8) is 0 Å². The number of hydrogen-bond acceptors (Lipinski definition) is 2. The van der Waals surface area contributed by atoms with Crippen LogP contribution in [0.5, 0.6) is 0 Å². The summed E-state index contributed by atoms with van der Waals surface area (Å²) in [6.45, 7) is 0. The maximum Gasteiger partial charge on any atom is 0.229 e. The zero-order valence-electron chi connectivity index (χ0n) is 15.7. The fourth-order valence-electron chi connectivity index (χ4n) is 4.10. The molecule has 0 radical (unpaired) electrons. The molecule has 1 N–H and O–H groups in total. The molecular formula is C23H22ClNO2S. The van der Waals surface area contributed by atoms with Gasteiger partial charge in [0, 0.05) is 16.6 Å². The van der Waals surface area contributed by atoms with Gasteiger partial charge in [0.05, 0.1) is 6.26 Å². The van der Waals surface area contributed by atoms with Crippen LogP contribution in [0.2, 0.25) is 5.02 Å². The van der Waals surface area contributed by atoms with Crippen LogP contribution in [0.15, 0.2) is 66.7 Å². The Labute approximate surface area is 171 Å². The van der Waals surface area contributed by atoms with Gasteiger partial charge in [0.1, 0.15) is 0 Å². The van der Waals surface area contributed by atoms with E-state index in [9.17, 15) is 8.42 Å². The van der Waals surface area contributed by atoms with Crippen LogP contribution in [0.25, 0.3) is 0 Å². The third-order valence-electron chi connectivity index (χ3n) is 5.24. The van der Waals surface area contributed by atoms with Gasteiger partial charge in [0.15, 0.2) is 0 Å². The van der Waals surface area contributed by atoms with Crippen LogP contribution in [-0.2, 0) is 29.3 Å². The van der Waals surface area contributed by atoms with Gasteiger partial charge in [0.25, 0.3) is 0 Å². The molecule has 0 heterocycles. The lowest BCUT2D eigenvalue weighted by Gasteiger charge is -2.21. The summed E-state index contributed by atoms with van der Waals surface area (Å²) in [5.74, 6) is 0.208. The van der Waals surface area contributed by atoms with Gasteiger partial charge in [0.2, 0.25) is 10.0 Å². The van der Waals surface area contributed by atoms with E-state index < -0.39 is 10.0 Å². The molecule has 0 saturated carbocycles. The molecule has 5 heteroatoms. The fraction of sp³-hybridized carbons (Fsp3) is 0.217. The van der Waals surface area contributed by atoms with E-state index in [1.807, 2.05) is 18.2 Å². The number of halogens is 1. The lowest BCUT2D eigenvalue weighted by molar-refractivity contribution is 0.607. The van der Waals surface area contributed by atoms with Gasteiger partial charge in [-0.05, 0) is 71.3 Å². The van der Waals surface area contributed by atoms with E-state index in [0.29, 0.717) is 5.69 Å². The molecule has 0 aliphatic heterocycles. The van der Waals surface area contributed by atoms with Gasteiger partial charge < -0.3 is 0 Å². The lowest BCUT2D eigenvalue weighted by Crippen LogP contribution is -2.11. The van der Waals surface area contributed by atoms with E-state index in [2.05, 4.69) is 47.2 Å². The van der Waals surface area contributed by atoms with E-state index in [1.165, 1.54) is 28.5 Å². The van der Waals surface area contributed by atoms with Crippen molar-refractivity contribution in [1.29, 1.82) is 0 Å². The van der Waals surface area contributed by atoms with E-state index in [1.54, 1.807) is 6.07 Å². The molecule has 0 fully saturated rings. The minimum absolute atomic E-state index is 0.208. The van der Waals surface area contributed by atoms with E-state index in [0.717, 1.165) is 29.8 Å². The topological polar surface area (TPSA) is 46.2 Å². The highest BCUT2D eigenvalue weighted by molar-refractivity contribution is 7.92. The van der Waals surface area contributed by atoms with Gasteiger partial charge in [-0.2, -0.15) is 0 Å². The number of benzene rings is 3. The van der Waals surface area contributed by atoms with Gasteiger partial charge in [-0.1, -0.05) is 54.1 Å². The van der Waals surface area contributed by atoms with E-state index in [-0.39, 0.29) is 5.92 Å². The van der Waals surface area contributed by atoms with E-state index in [4.69, 9.17) is 11.6 Å². The molecule has 0 spiro atoms. The minimum Gasteiger partial charge on any atom is -0.284 e. The van der Waals surface area contributed by atoms with Crippen molar-refractivity contribution in [2.75, 3.05) is 11.0 Å². The van der Waals surface area contributed by atoms with Crippen molar-refractivity contribution >= 4 is 27.3 Å². The second-order valence-corrected chi connectivity index (χ2v) is 9.56. The second kappa shape index (κ2) is 7.61. The van der Waals surface area contributed by atoms with E-state index >= 15 is 0 Å². The highest BCUT2D eigenvalue weighted by Gasteiger charge is 2.24. The predicted molar refractivity (Wildman–Crippen MR) is 116 cm³/mol. The average Bonchev–Trinajstić information content (AvgIpc) is 2.78. The Hall–Kier alpha value is -2.30. The van der Waals surface area contributed by atoms with Crippen LogP contribution in [0.3, 0.4) is 0 Å². The Morgan fingerprint density at radius 3 is 2.50 bits per heavy atom. The maximum absolute atomic E-state index is 11.6. The Balaban J connectivity index is 1.76. The molecule has 3 aromatic rings. The summed E-state index contributed by atoms with van der Waals surface area (Å²) >= 11 is 6.27. The molecule has 4 rings (SSSR count). The average molecular weight is 412 g/mol. The van der Waals surface area contributed by atoms with Crippen LogP contribution in [0.1, 0.15) is 33.7 Å². The number of aryl methyl sites for hydroxylation is 2. The van der Waals surface area contributed by atoms with Crippen molar-refractivity contribution in [1.82, 2.24) is 0 Å². The smallest absolute Gasteiger partial charge is 0.229 e. The Kier molecular flexibility index (Phi) is 5.17. The van der Waals surface area contributed by atoms with Crippen molar-refractivity contribution < 1.29 is 8.42 Å². The Morgan fingerprint density at radius 2 is 1.68 bits per heavy atom. The van der Waals surface area contributed by atoms with Crippen molar-refractivity contribution in [2.24, 2.45) is 0 Å². The molecule has 0 amide bonds. The molecule has 28 heavy (non-hydrogen) atoms. The van der Waals surface area contributed by atoms with Crippen molar-refractivity contribution in [3.05, 3.63) is 99.6 Å². The van der Waals surface area contributed by atoms with Gasteiger partial charge in [-0.3, -0.25) is 4.72 Å². The third-order valence-corrected chi connectivity index (χ3v) is 6.09. The zero-order chi connectivity index (χ0) is 19.7. The first kappa shape index (κ1) is 19.0. The summed E-state index contributed by atoms with van der Waals surface area (Å²) in [5.41, 5.74) is 6.99. The number of hydrogen-bond donors (Lipinski definition) is 1. The number of fused-ring (bicyclic) bond motifs is 2. The van der Waals surface area contributed by atoms with Crippen molar-refractivity contribution in [3.8, 4) is 0 Å². The summed E-state index contributed by atoms with van der Waals surface area (Å²) in [4.78, 5) is 0. The maximum atomic E-state index is 11.6. The molecule has 1 aliphatic rings. The van der Waals surface area contributed by atoms with Gasteiger partial charge in [-0.25, -0.2) is 8.42 Å². The SMILES string of the molecule is CS(=O)(=O)Nc1cccc(CC2c3ccccc3CCc3cc(Cl)ccc32)c1. The first-order chi connectivity index (χ1) is 13.4. The van der Waals surface area contributed by atoms with Crippen LogP contribution in [-0.4, -0.2) is 14.7 Å². The molecule has 3 nitrogen and oxygen atoms in total. The molecule has 0 aromatic heterocycles. The third kappa shape index (κ3) is 4.23. The normalized spacial score (nSPS) is 16.0. The van der Waals surface area contributed by atoms with Gasteiger partial charge >= 0.3 is 0 Å². The highest BCUT2D eigenvalue weighted by Crippen LogP contribution is 2.37. The summed E-state index contributed by atoms with van der Waals surface area (Å²) in [6, 6.07) is 22.4. The first-order valence-corrected chi connectivity index (χ1v) is 11.6. The molecule has 0 saturated heterocycles. The number of nitrogens with one attached hydrogen (secondary N) is 1. The zero-order valence-corrected chi connectivity index (χ0v) is 17.2. The summed E-state index contributed by atoms with van der Waals surface area (Å²) in [7, 11) is -3.30. The van der Waals surface area contributed by atoms with Crippen molar-refractivity contribution in [2.45, 2.75) is 25.2 Å². The standard InChI is InChI=1S/C23H22ClNO2S/c1-28(26,27)25-20-7-4-5-16(13-20)14-23-21-8-3-2-6-17(21)9-10-18-15-19(24)11-12-22(18)23/h2-8,11-13,15,23,25H,9-10,14H2,1H3. The molecule has 1 aliphatic carbocycles. The largest absolute Gasteiger partial charge is 0.284 e. The second-order valence-electron chi connectivity index (χ2n) is 7.37. The number of sulfonamides is 1. The minimum atomic E-state index is -3.30. The van der Waals surface area contributed by atoms with Gasteiger partial charge in [-0.15, -0.1) is 0 Å². The summed E-state index contributed by atoms with van der Waals surface area (Å²) in [6.07, 6.45) is 3.93. The highest BCUT2D eigenvalue weighted by atomic mass is 35.5. The number of anilines is 1. The molecule has 0 bridgehead atoms. The summed E-state index contributed by atoms with van der Waals surface area (Å²) < 4.78 is 25.7. The fourth-order valence-corrected chi connectivity index (χ4v) is 4.85. The number of rotatable bonds is 4.